The molecule has 18 heavy (non-hydrogen) atoms. The highest BCUT2D eigenvalue weighted by Gasteiger charge is 2.21. The molecule has 96 valence electrons. The van der Waals surface area contributed by atoms with Gasteiger partial charge in [0.2, 0.25) is 0 Å². The first-order valence-corrected chi connectivity index (χ1v) is 5.95. The number of non-ortho nitro benzene ring substituents is 1. The van der Waals surface area contributed by atoms with Crippen LogP contribution in [0.3, 0.4) is 0 Å². The van der Waals surface area contributed by atoms with E-state index in [1.54, 1.807) is 12.1 Å². The van der Waals surface area contributed by atoms with E-state index in [9.17, 15) is 10.1 Å². The third kappa shape index (κ3) is 3.73. The summed E-state index contributed by atoms with van der Waals surface area (Å²) >= 11 is 0. The van der Waals surface area contributed by atoms with E-state index in [-0.39, 0.29) is 5.69 Å². The Morgan fingerprint density at radius 1 is 1.44 bits per heavy atom. The van der Waals surface area contributed by atoms with Crippen molar-refractivity contribution >= 4 is 11.6 Å². The minimum Gasteiger partial charge on any atom is -0.370 e. The van der Waals surface area contributed by atoms with Crippen molar-refractivity contribution in [3.05, 3.63) is 39.9 Å². The third-order valence-corrected chi connectivity index (χ3v) is 2.76. The number of hydrogen-bond acceptors (Lipinski definition) is 3. The van der Waals surface area contributed by atoms with Gasteiger partial charge in [0.25, 0.3) is 5.69 Å². The quantitative estimate of drug-likeness (QED) is 0.354. The Balaban J connectivity index is 1.80. The van der Waals surface area contributed by atoms with Crippen LogP contribution in [0, 0.1) is 10.1 Å². The normalized spacial score (nSPS) is 15.4. The van der Waals surface area contributed by atoms with Crippen molar-refractivity contribution in [3.8, 4) is 0 Å². The van der Waals surface area contributed by atoms with Crippen LogP contribution in [-0.4, -0.2) is 23.5 Å². The second kappa shape index (κ2) is 5.48. The van der Waals surface area contributed by atoms with E-state index in [4.69, 9.17) is 5.73 Å². The molecule has 6 heteroatoms. The molecular weight excluding hydrogens is 232 g/mol. The molecule has 0 aliphatic heterocycles. The van der Waals surface area contributed by atoms with E-state index in [1.165, 1.54) is 25.0 Å². The standard InChI is InChI=1S/C12H16N4O2/c13-12(15-10-3-4-10)14-8-7-9-1-5-11(6-2-9)16(17)18/h1-2,5-6,10H,3-4,7-8H2,(H3,13,14,15). The van der Waals surface area contributed by atoms with Gasteiger partial charge in [-0.15, -0.1) is 0 Å². The van der Waals surface area contributed by atoms with Gasteiger partial charge in [0, 0.05) is 24.7 Å². The molecular formula is C12H16N4O2. The summed E-state index contributed by atoms with van der Waals surface area (Å²) in [6.45, 7) is 0.587. The van der Waals surface area contributed by atoms with Gasteiger partial charge >= 0.3 is 0 Å². The Bertz CT molecular complexity index is 452. The van der Waals surface area contributed by atoms with Crippen LogP contribution in [0.5, 0.6) is 0 Å². The number of nitrogens with one attached hydrogen (secondary N) is 1. The van der Waals surface area contributed by atoms with Crippen molar-refractivity contribution in [2.45, 2.75) is 25.3 Å². The summed E-state index contributed by atoms with van der Waals surface area (Å²) in [7, 11) is 0. The van der Waals surface area contributed by atoms with Gasteiger partial charge in [-0.05, 0) is 24.8 Å². The second-order valence-electron chi connectivity index (χ2n) is 4.36. The summed E-state index contributed by atoms with van der Waals surface area (Å²) in [4.78, 5) is 14.3. The van der Waals surface area contributed by atoms with Crippen LogP contribution in [0.4, 0.5) is 5.69 Å². The fourth-order valence-corrected chi connectivity index (χ4v) is 1.57. The number of aliphatic imine (C=N–C) groups is 1. The highest BCUT2D eigenvalue weighted by Crippen LogP contribution is 2.18. The summed E-state index contributed by atoms with van der Waals surface area (Å²) in [5.74, 6) is 0.486. The van der Waals surface area contributed by atoms with Crippen molar-refractivity contribution in [2.24, 2.45) is 10.7 Å². The molecule has 0 bridgehead atoms. The minimum atomic E-state index is -0.403. The maximum absolute atomic E-state index is 10.5. The Labute approximate surface area is 105 Å². The van der Waals surface area contributed by atoms with Gasteiger partial charge in [-0.2, -0.15) is 0 Å². The molecule has 6 nitrogen and oxygen atoms in total. The molecule has 1 aromatic carbocycles. The molecule has 1 aromatic rings. The van der Waals surface area contributed by atoms with Crippen LogP contribution in [0.15, 0.2) is 29.3 Å². The molecule has 1 aliphatic carbocycles. The van der Waals surface area contributed by atoms with Crippen molar-refractivity contribution < 1.29 is 4.92 Å². The molecule has 0 spiro atoms. The smallest absolute Gasteiger partial charge is 0.269 e. The Hall–Kier alpha value is -2.11. The van der Waals surface area contributed by atoms with E-state index < -0.39 is 4.92 Å². The Kier molecular flexibility index (Phi) is 3.76. The number of guanidine groups is 1. The van der Waals surface area contributed by atoms with E-state index >= 15 is 0 Å². The van der Waals surface area contributed by atoms with Gasteiger partial charge in [0.05, 0.1) is 4.92 Å². The summed E-state index contributed by atoms with van der Waals surface area (Å²) in [6, 6.07) is 7.01. The predicted molar refractivity (Wildman–Crippen MR) is 69.4 cm³/mol. The van der Waals surface area contributed by atoms with Gasteiger partial charge in [0.15, 0.2) is 5.96 Å². The van der Waals surface area contributed by atoms with Crippen molar-refractivity contribution in [1.29, 1.82) is 0 Å². The van der Waals surface area contributed by atoms with Gasteiger partial charge in [0.1, 0.15) is 0 Å². The second-order valence-corrected chi connectivity index (χ2v) is 4.36. The average Bonchev–Trinajstić information content (AvgIpc) is 3.13. The Morgan fingerprint density at radius 2 is 2.11 bits per heavy atom. The number of nitro groups is 1. The molecule has 2 rings (SSSR count). The van der Waals surface area contributed by atoms with Crippen LogP contribution in [0.2, 0.25) is 0 Å². The SMILES string of the molecule is NC(=NCCc1ccc([N+](=O)[O-])cc1)NC1CC1. The number of nitro benzene ring substituents is 1. The van der Waals surface area contributed by atoms with Crippen molar-refractivity contribution in [3.63, 3.8) is 0 Å². The zero-order chi connectivity index (χ0) is 13.0. The molecule has 0 aromatic heterocycles. The first kappa shape index (κ1) is 12.3. The van der Waals surface area contributed by atoms with Gasteiger partial charge in [-0.1, -0.05) is 12.1 Å². The van der Waals surface area contributed by atoms with E-state index in [2.05, 4.69) is 10.3 Å². The summed E-state index contributed by atoms with van der Waals surface area (Å²) in [6.07, 6.45) is 3.06. The van der Waals surface area contributed by atoms with Crippen molar-refractivity contribution in [1.82, 2.24) is 5.32 Å². The lowest BCUT2D eigenvalue weighted by Crippen LogP contribution is -2.33. The Morgan fingerprint density at radius 3 is 2.67 bits per heavy atom. The average molecular weight is 248 g/mol. The van der Waals surface area contributed by atoms with E-state index in [0.29, 0.717) is 18.5 Å². The number of rotatable bonds is 5. The molecule has 1 fully saturated rings. The van der Waals surface area contributed by atoms with Crippen LogP contribution < -0.4 is 11.1 Å². The molecule has 0 saturated heterocycles. The molecule has 3 N–H and O–H groups in total. The van der Waals surface area contributed by atoms with Crippen LogP contribution in [0.25, 0.3) is 0 Å². The maximum Gasteiger partial charge on any atom is 0.269 e. The summed E-state index contributed by atoms with van der Waals surface area (Å²) < 4.78 is 0. The fourth-order valence-electron chi connectivity index (χ4n) is 1.57. The number of nitrogens with zero attached hydrogens (tertiary/aromatic N) is 2. The van der Waals surface area contributed by atoms with Crippen LogP contribution in [-0.2, 0) is 6.42 Å². The number of benzene rings is 1. The van der Waals surface area contributed by atoms with Gasteiger partial charge in [-0.25, -0.2) is 0 Å². The zero-order valence-electron chi connectivity index (χ0n) is 10.0. The highest BCUT2D eigenvalue weighted by atomic mass is 16.6. The van der Waals surface area contributed by atoms with Crippen LogP contribution >= 0.6 is 0 Å². The fraction of sp³-hybridized carbons (Fsp3) is 0.417. The minimum absolute atomic E-state index is 0.108. The van der Waals surface area contributed by atoms with Crippen molar-refractivity contribution in [2.75, 3.05) is 6.54 Å². The molecule has 0 radical (unpaired) electrons. The molecule has 0 unspecified atom stereocenters. The summed E-state index contributed by atoms with van der Waals surface area (Å²) in [5.41, 5.74) is 6.82. The molecule has 1 saturated carbocycles. The largest absolute Gasteiger partial charge is 0.370 e. The lowest BCUT2D eigenvalue weighted by molar-refractivity contribution is -0.384. The molecule has 0 heterocycles. The number of hydrogen-bond donors (Lipinski definition) is 2. The predicted octanol–water partition coefficient (Wildman–Crippen LogP) is 1.20. The maximum atomic E-state index is 10.5. The molecule has 0 atom stereocenters. The highest BCUT2D eigenvalue weighted by molar-refractivity contribution is 5.78. The monoisotopic (exact) mass is 248 g/mol. The van der Waals surface area contributed by atoms with E-state index in [0.717, 1.165) is 12.0 Å². The van der Waals surface area contributed by atoms with Crippen LogP contribution in [0.1, 0.15) is 18.4 Å². The topological polar surface area (TPSA) is 93.5 Å². The third-order valence-electron chi connectivity index (χ3n) is 2.76. The van der Waals surface area contributed by atoms with E-state index in [1.807, 2.05) is 0 Å². The van der Waals surface area contributed by atoms with Gasteiger partial charge in [-0.3, -0.25) is 15.1 Å². The first-order chi connectivity index (χ1) is 8.65. The summed E-state index contributed by atoms with van der Waals surface area (Å²) in [5, 5.41) is 13.6. The molecule has 0 amide bonds. The lowest BCUT2D eigenvalue weighted by atomic mass is 10.1. The van der Waals surface area contributed by atoms with Gasteiger partial charge < -0.3 is 11.1 Å². The zero-order valence-corrected chi connectivity index (χ0v) is 10.0. The number of nitrogens with two attached hydrogens (primary N) is 1. The lowest BCUT2D eigenvalue weighted by Gasteiger charge is -2.03. The molecule has 1 aliphatic rings. The first-order valence-electron chi connectivity index (χ1n) is 5.95.